The summed E-state index contributed by atoms with van der Waals surface area (Å²) < 4.78 is 0.973. The zero-order valence-corrected chi connectivity index (χ0v) is 13.4. The first kappa shape index (κ1) is 17.0. The molecular weight excluding hydrogens is 345 g/mol. The number of hydrogen-bond donors (Lipinski definition) is 1. The summed E-state index contributed by atoms with van der Waals surface area (Å²) in [6.45, 7) is 1.06. The molecule has 23 heavy (non-hydrogen) atoms. The lowest BCUT2D eigenvalue weighted by Crippen LogP contribution is -2.28. The van der Waals surface area contributed by atoms with Crippen molar-refractivity contribution in [2.24, 2.45) is 0 Å². The van der Waals surface area contributed by atoms with Gasteiger partial charge in [-0.05, 0) is 25.1 Å². The topological polar surface area (TPSA) is 94.2 Å². The van der Waals surface area contributed by atoms with Crippen molar-refractivity contribution in [3.63, 3.8) is 0 Å². The summed E-state index contributed by atoms with van der Waals surface area (Å²) in [5.41, 5.74) is -0.286. The van der Waals surface area contributed by atoms with E-state index in [1.807, 2.05) is 0 Å². The van der Waals surface area contributed by atoms with Crippen molar-refractivity contribution in [3.05, 3.63) is 66.5 Å². The van der Waals surface area contributed by atoms with Crippen LogP contribution in [0.15, 0.2) is 35.3 Å². The maximum atomic E-state index is 12.0. The average molecular weight is 356 g/mol. The molecule has 0 atom stereocenters. The summed E-state index contributed by atoms with van der Waals surface area (Å²) in [4.78, 5) is 34.2. The molecule has 9 heteroatoms. The van der Waals surface area contributed by atoms with Gasteiger partial charge in [0.15, 0.2) is 0 Å². The zero-order valence-electron chi connectivity index (χ0n) is 11.9. The van der Waals surface area contributed by atoms with Gasteiger partial charge in [-0.1, -0.05) is 23.2 Å². The van der Waals surface area contributed by atoms with Crippen molar-refractivity contribution in [2.45, 2.75) is 13.5 Å². The molecule has 0 fully saturated rings. The second-order valence-electron chi connectivity index (χ2n) is 4.74. The van der Waals surface area contributed by atoms with Crippen LogP contribution in [-0.2, 0) is 11.3 Å². The fraction of sp³-hybridized carbons (Fsp3) is 0.143. The Morgan fingerprint density at radius 3 is 2.70 bits per heavy atom. The Labute approximate surface area is 140 Å². The number of aromatic nitrogens is 1. The molecule has 0 radical (unpaired) electrons. The van der Waals surface area contributed by atoms with Gasteiger partial charge in [-0.15, -0.1) is 0 Å². The number of rotatable bonds is 4. The zero-order chi connectivity index (χ0) is 17.1. The van der Waals surface area contributed by atoms with Gasteiger partial charge in [-0.2, -0.15) is 0 Å². The van der Waals surface area contributed by atoms with Gasteiger partial charge in [0.1, 0.15) is 6.54 Å². The largest absolute Gasteiger partial charge is 0.323 e. The van der Waals surface area contributed by atoms with Crippen LogP contribution in [0.5, 0.6) is 0 Å². The number of nitrogens with one attached hydrogen (secondary N) is 1. The number of carbonyl (C=O) groups excluding carboxylic acids is 1. The Morgan fingerprint density at radius 1 is 1.35 bits per heavy atom. The van der Waals surface area contributed by atoms with Crippen molar-refractivity contribution in [3.8, 4) is 0 Å². The molecule has 1 aromatic carbocycles. The molecule has 120 valence electrons. The van der Waals surface area contributed by atoms with Gasteiger partial charge < -0.3 is 5.32 Å². The van der Waals surface area contributed by atoms with E-state index in [4.69, 9.17) is 23.2 Å². The molecule has 2 aromatic rings. The van der Waals surface area contributed by atoms with Crippen molar-refractivity contribution >= 4 is 40.5 Å². The lowest BCUT2D eigenvalue weighted by molar-refractivity contribution is -0.385. The highest BCUT2D eigenvalue weighted by Gasteiger charge is 2.14. The van der Waals surface area contributed by atoms with Crippen molar-refractivity contribution in [1.82, 2.24) is 4.57 Å². The highest BCUT2D eigenvalue weighted by molar-refractivity contribution is 6.35. The Balaban J connectivity index is 2.25. The first-order valence-corrected chi connectivity index (χ1v) is 7.14. The summed E-state index contributed by atoms with van der Waals surface area (Å²) in [5.74, 6) is -0.559. The molecule has 0 aliphatic heterocycles. The van der Waals surface area contributed by atoms with Gasteiger partial charge in [-0.25, -0.2) is 0 Å². The van der Waals surface area contributed by atoms with E-state index < -0.39 is 16.4 Å². The lowest BCUT2D eigenvalue weighted by atomic mass is 10.3. The van der Waals surface area contributed by atoms with Gasteiger partial charge in [0, 0.05) is 16.7 Å². The highest BCUT2D eigenvalue weighted by atomic mass is 35.5. The molecular formula is C14H11Cl2N3O4. The predicted octanol–water partition coefficient (Wildman–Crippen LogP) is 3.01. The highest BCUT2D eigenvalue weighted by Crippen LogP contribution is 2.25. The Bertz CT molecular complexity index is 848. The van der Waals surface area contributed by atoms with Gasteiger partial charge >= 0.3 is 0 Å². The predicted molar refractivity (Wildman–Crippen MR) is 87.2 cm³/mol. The van der Waals surface area contributed by atoms with Crippen LogP contribution >= 0.6 is 23.2 Å². The lowest BCUT2D eigenvalue weighted by Gasteiger charge is -2.09. The molecule has 0 unspecified atom stereocenters. The second kappa shape index (κ2) is 6.80. The first-order chi connectivity index (χ1) is 10.8. The maximum absolute atomic E-state index is 12.0. The van der Waals surface area contributed by atoms with Crippen LogP contribution in [0.4, 0.5) is 11.4 Å². The number of amides is 1. The third kappa shape index (κ3) is 4.08. The maximum Gasteiger partial charge on any atom is 0.286 e. The first-order valence-electron chi connectivity index (χ1n) is 6.38. The molecule has 7 nitrogen and oxygen atoms in total. The van der Waals surface area contributed by atoms with Gasteiger partial charge in [-0.3, -0.25) is 24.3 Å². The number of carbonyl (C=O) groups is 1. The van der Waals surface area contributed by atoms with Crippen LogP contribution in [0.2, 0.25) is 10.0 Å². The normalized spacial score (nSPS) is 10.4. The fourth-order valence-corrected chi connectivity index (χ4v) is 2.26. The molecule has 1 N–H and O–H groups in total. The number of pyridine rings is 1. The third-order valence-electron chi connectivity index (χ3n) is 2.98. The van der Waals surface area contributed by atoms with E-state index in [1.54, 1.807) is 6.07 Å². The number of halogens is 2. The molecule has 1 heterocycles. The van der Waals surface area contributed by atoms with E-state index in [1.165, 1.54) is 19.1 Å². The van der Waals surface area contributed by atoms with E-state index in [2.05, 4.69) is 5.32 Å². The van der Waals surface area contributed by atoms with Crippen molar-refractivity contribution < 1.29 is 9.72 Å². The molecule has 0 aliphatic carbocycles. The van der Waals surface area contributed by atoms with Crippen molar-refractivity contribution in [2.75, 3.05) is 5.32 Å². The summed E-state index contributed by atoms with van der Waals surface area (Å²) in [6.07, 6.45) is 1.02. The minimum Gasteiger partial charge on any atom is -0.323 e. The molecule has 1 amide bonds. The van der Waals surface area contributed by atoms with E-state index in [0.717, 1.165) is 16.8 Å². The van der Waals surface area contributed by atoms with Gasteiger partial charge in [0.2, 0.25) is 5.91 Å². The van der Waals surface area contributed by atoms with E-state index in [-0.39, 0.29) is 22.8 Å². The molecule has 0 aliphatic rings. The molecule has 0 spiro atoms. The Morgan fingerprint density at radius 2 is 2.04 bits per heavy atom. The minimum atomic E-state index is -0.630. The summed E-state index contributed by atoms with van der Waals surface area (Å²) in [7, 11) is 0. The van der Waals surface area contributed by atoms with Crippen LogP contribution in [0.3, 0.4) is 0 Å². The van der Waals surface area contributed by atoms with Gasteiger partial charge in [0.25, 0.3) is 11.2 Å². The summed E-state index contributed by atoms with van der Waals surface area (Å²) in [6, 6.07) is 5.70. The SMILES string of the molecule is Cc1cc([N+](=O)[O-])cn(CC(=O)Nc2cc(Cl)ccc2Cl)c1=O. The molecule has 0 saturated heterocycles. The number of aryl methyl sites for hydroxylation is 1. The number of hydrogen-bond acceptors (Lipinski definition) is 4. The standard InChI is InChI=1S/C14H11Cl2N3O4/c1-8-4-10(19(22)23)6-18(14(8)21)7-13(20)17-12-5-9(15)2-3-11(12)16/h2-6H,7H2,1H3,(H,17,20). The molecule has 2 rings (SSSR count). The fourth-order valence-electron chi connectivity index (χ4n) is 1.92. The summed E-state index contributed by atoms with van der Waals surface area (Å²) in [5, 5.41) is 14.0. The van der Waals surface area contributed by atoms with Crippen LogP contribution < -0.4 is 10.9 Å². The average Bonchev–Trinajstić information content (AvgIpc) is 2.47. The van der Waals surface area contributed by atoms with E-state index in [9.17, 15) is 19.7 Å². The monoisotopic (exact) mass is 355 g/mol. The van der Waals surface area contributed by atoms with Crippen LogP contribution in [0, 0.1) is 17.0 Å². The summed E-state index contributed by atoms with van der Waals surface area (Å²) >= 11 is 11.8. The van der Waals surface area contributed by atoms with Crippen LogP contribution in [-0.4, -0.2) is 15.4 Å². The minimum absolute atomic E-state index is 0.174. The number of benzene rings is 1. The molecule has 1 aromatic heterocycles. The number of anilines is 1. The third-order valence-corrected chi connectivity index (χ3v) is 3.54. The van der Waals surface area contributed by atoms with E-state index >= 15 is 0 Å². The quantitative estimate of drug-likeness (QED) is 0.673. The van der Waals surface area contributed by atoms with Crippen LogP contribution in [0.25, 0.3) is 0 Å². The number of nitro groups is 1. The second-order valence-corrected chi connectivity index (χ2v) is 5.59. The molecule has 0 bridgehead atoms. The van der Waals surface area contributed by atoms with Crippen molar-refractivity contribution in [1.29, 1.82) is 0 Å². The smallest absolute Gasteiger partial charge is 0.286 e. The van der Waals surface area contributed by atoms with Crippen LogP contribution in [0.1, 0.15) is 5.56 Å². The Kier molecular flexibility index (Phi) is 5.02. The molecule has 0 saturated carbocycles. The number of nitrogens with zero attached hydrogens (tertiary/aromatic N) is 2. The van der Waals surface area contributed by atoms with E-state index in [0.29, 0.717) is 10.7 Å². The van der Waals surface area contributed by atoms with Gasteiger partial charge in [0.05, 0.1) is 21.8 Å². The Hall–Kier alpha value is -2.38.